The van der Waals surface area contributed by atoms with Crippen LogP contribution in [0.25, 0.3) is 0 Å². The Balaban J connectivity index is 2.25. The van der Waals surface area contributed by atoms with Crippen LogP contribution in [0.2, 0.25) is 0 Å². The van der Waals surface area contributed by atoms with Gasteiger partial charge in [-0.25, -0.2) is 0 Å². The van der Waals surface area contributed by atoms with Crippen LogP contribution >= 0.6 is 0 Å². The van der Waals surface area contributed by atoms with Gasteiger partial charge in [0.25, 0.3) is 0 Å². The number of rotatable bonds is 2. The summed E-state index contributed by atoms with van der Waals surface area (Å²) < 4.78 is 5.09. The number of hydrogen-bond donors (Lipinski definition) is 0. The Kier molecular flexibility index (Phi) is 2.04. The summed E-state index contributed by atoms with van der Waals surface area (Å²) in [4.78, 5) is 0. The highest BCUT2D eigenvalue weighted by Crippen LogP contribution is 2.50. The Morgan fingerprint density at radius 2 is 2.00 bits per heavy atom. The summed E-state index contributed by atoms with van der Waals surface area (Å²) in [7, 11) is 1.79. The molecule has 1 aliphatic carbocycles. The van der Waals surface area contributed by atoms with E-state index in [2.05, 4.69) is 20.8 Å². The van der Waals surface area contributed by atoms with E-state index in [4.69, 9.17) is 4.74 Å². The maximum absolute atomic E-state index is 5.09. The first-order valence-corrected chi connectivity index (χ1v) is 4.04. The molecule has 1 rings (SSSR count). The minimum absolute atomic E-state index is 0.503. The van der Waals surface area contributed by atoms with E-state index in [9.17, 15) is 0 Å². The van der Waals surface area contributed by atoms with Gasteiger partial charge >= 0.3 is 0 Å². The predicted molar refractivity (Wildman–Crippen MR) is 42.9 cm³/mol. The lowest BCUT2D eigenvalue weighted by Crippen LogP contribution is -2.10. The normalized spacial score (nSPS) is 32.4. The fourth-order valence-electron chi connectivity index (χ4n) is 1.71. The maximum atomic E-state index is 5.09. The molecule has 0 radical (unpaired) electrons. The predicted octanol–water partition coefficient (Wildman–Crippen LogP) is 2.32. The molecule has 1 saturated carbocycles. The van der Waals surface area contributed by atoms with Crippen molar-refractivity contribution in [1.29, 1.82) is 0 Å². The van der Waals surface area contributed by atoms with Crippen molar-refractivity contribution in [2.75, 3.05) is 13.7 Å². The van der Waals surface area contributed by atoms with Gasteiger partial charge in [0.2, 0.25) is 0 Å². The van der Waals surface area contributed by atoms with Crippen LogP contribution in [0.3, 0.4) is 0 Å². The van der Waals surface area contributed by atoms with Crippen LogP contribution in [-0.2, 0) is 4.74 Å². The molecule has 1 aliphatic rings. The van der Waals surface area contributed by atoms with Gasteiger partial charge in [-0.1, -0.05) is 20.8 Å². The lowest BCUT2D eigenvalue weighted by atomic mass is 9.89. The molecule has 0 aromatic heterocycles. The van der Waals surface area contributed by atoms with Gasteiger partial charge in [0.1, 0.15) is 0 Å². The third-order valence-electron chi connectivity index (χ3n) is 2.42. The van der Waals surface area contributed by atoms with Crippen LogP contribution in [-0.4, -0.2) is 13.7 Å². The summed E-state index contributed by atoms with van der Waals surface area (Å²) in [6.45, 7) is 7.90. The van der Waals surface area contributed by atoms with E-state index >= 15 is 0 Å². The fourth-order valence-corrected chi connectivity index (χ4v) is 1.71. The van der Waals surface area contributed by atoms with E-state index in [1.165, 1.54) is 6.42 Å². The molecule has 1 heteroatoms. The van der Waals surface area contributed by atoms with Gasteiger partial charge in [-0.15, -0.1) is 0 Å². The summed E-state index contributed by atoms with van der Waals surface area (Å²) in [5.41, 5.74) is 0.503. The first-order valence-electron chi connectivity index (χ1n) is 4.04. The molecule has 0 heterocycles. The van der Waals surface area contributed by atoms with Crippen LogP contribution in [0.4, 0.5) is 0 Å². The van der Waals surface area contributed by atoms with Crippen molar-refractivity contribution in [3.63, 3.8) is 0 Å². The van der Waals surface area contributed by atoms with Crippen molar-refractivity contribution in [3.05, 3.63) is 0 Å². The molecule has 0 aromatic rings. The van der Waals surface area contributed by atoms with Crippen molar-refractivity contribution >= 4 is 0 Å². The highest BCUT2D eigenvalue weighted by molar-refractivity contribution is 4.93. The molecule has 2 unspecified atom stereocenters. The Morgan fingerprint density at radius 3 is 2.30 bits per heavy atom. The van der Waals surface area contributed by atoms with E-state index < -0.39 is 0 Å². The van der Waals surface area contributed by atoms with Crippen LogP contribution in [0, 0.1) is 17.3 Å². The summed E-state index contributed by atoms with van der Waals surface area (Å²) >= 11 is 0. The minimum atomic E-state index is 0.503. The Bertz CT molecular complexity index is 112. The third-order valence-corrected chi connectivity index (χ3v) is 2.42. The Morgan fingerprint density at radius 1 is 1.40 bits per heavy atom. The molecule has 1 fully saturated rings. The van der Waals surface area contributed by atoms with E-state index in [0.717, 1.165) is 18.4 Å². The van der Waals surface area contributed by atoms with Gasteiger partial charge in [0, 0.05) is 13.7 Å². The Labute approximate surface area is 63.8 Å². The van der Waals surface area contributed by atoms with E-state index in [-0.39, 0.29) is 0 Å². The van der Waals surface area contributed by atoms with Gasteiger partial charge in [-0.3, -0.25) is 0 Å². The molecule has 1 nitrogen and oxygen atoms in total. The first-order chi connectivity index (χ1) is 4.55. The summed E-state index contributed by atoms with van der Waals surface area (Å²) in [5.74, 6) is 1.76. The summed E-state index contributed by atoms with van der Waals surface area (Å²) in [6, 6.07) is 0. The topological polar surface area (TPSA) is 9.23 Å². The van der Waals surface area contributed by atoms with Crippen molar-refractivity contribution in [2.45, 2.75) is 27.2 Å². The number of methoxy groups -OCH3 is 1. The largest absolute Gasteiger partial charge is 0.384 e. The smallest absolute Gasteiger partial charge is 0.0493 e. The molecular weight excluding hydrogens is 124 g/mol. The molecule has 0 bridgehead atoms. The molecular formula is C9H18O. The van der Waals surface area contributed by atoms with Crippen LogP contribution in [0.5, 0.6) is 0 Å². The third kappa shape index (κ3) is 1.72. The second-order valence-electron chi connectivity index (χ2n) is 4.42. The number of ether oxygens (including phenoxy) is 1. The lowest BCUT2D eigenvalue weighted by molar-refractivity contribution is 0.169. The summed E-state index contributed by atoms with van der Waals surface area (Å²) in [6.07, 6.45) is 1.37. The zero-order valence-electron chi connectivity index (χ0n) is 7.48. The molecule has 0 spiro atoms. The van der Waals surface area contributed by atoms with Crippen molar-refractivity contribution in [2.24, 2.45) is 17.3 Å². The van der Waals surface area contributed by atoms with Crippen molar-refractivity contribution < 1.29 is 4.74 Å². The Hall–Kier alpha value is -0.0400. The molecule has 0 aromatic carbocycles. The SMILES string of the molecule is COCC1CC1C(C)(C)C. The van der Waals surface area contributed by atoms with Crippen LogP contribution in [0.1, 0.15) is 27.2 Å². The van der Waals surface area contributed by atoms with Gasteiger partial charge < -0.3 is 4.74 Å². The quantitative estimate of drug-likeness (QED) is 0.575. The van der Waals surface area contributed by atoms with Crippen LogP contribution in [0.15, 0.2) is 0 Å². The van der Waals surface area contributed by atoms with E-state index in [0.29, 0.717) is 5.41 Å². The van der Waals surface area contributed by atoms with Crippen LogP contribution < -0.4 is 0 Å². The molecule has 0 aliphatic heterocycles. The molecule has 0 amide bonds. The van der Waals surface area contributed by atoms with Gasteiger partial charge in [-0.2, -0.15) is 0 Å². The second kappa shape index (κ2) is 2.54. The monoisotopic (exact) mass is 142 g/mol. The van der Waals surface area contributed by atoms with E-state index in [1.54, 1.807) is 7.11 Å². The van der Waals surface area contributed by atoms with Crippen molar-refractivity contribution in [1.82, 2.24) is 0 Å². The maximum Gasteiger partial charge on any atom is 0.0493 e. The van der Waals surface area contributed by atoms with Gasteiger partial charge in [0.05, 0.1) is 0 Å². The second-order valence-corrected chi connectivity index (χ2v) is 4.42. The highest BCUT2D eigenvalue weighted by atomic mass is 16.5. The zero-order chi connectivity index (χ0) is 7.78. The van der Waals surface area contributed by atoms with E-state index in [1.807, 2.05) is 0 Å². The van der Waals surface area contributed by atoms with Gasteiger partial charge in [-0.05, 0) is 23.7 Å². The summed E-state index contributed by atoms with van der Waals surface area (Å²) in [5, 5.41) is 0. The minimum Gasteiger partial charge on any atom is -0.384 e. The standard InChI is InChI=1S/C9H18O/c1-9(2,3)8-5-7(8)6-10-4/h7-8H,5-6H2,1-4H3. The molecule has 60 valence electrons. The molecule has 10 heavy (non-hydrogen) atoms. The van der Waals surface area contributed by atoms with Gasteiger partial charge in [0.15, 0.2) is 0 Å². The zero-order valence-corrected chi connectivity index (χ0v) is 7.48. The first kappa shape index (κ1) is 8.06. The molecule has 0 saturated heterocycles. The lowest BCUT2D eigenvalue weighted by Gasteiger charge is -2.17. The molecule has 0 N–H and O–H groups in total. The highest BCUT2D eigenvalue weighted by Gasteiger charge is 2.44. The average molecular weight is 142 g/mol. The van der Waals surface area contributed by atoms with Crippen molar-refractivity contribution in [3.8, 4) is 0 Å². The fraction of sp³-hybridized carbons (Fsp3) is 1.00. The number of hydrogen-bond acceptors (Lipinski definition) is 1. The molecule has 2 atom stereocenters. The average Bonchev–Trinajstić information content (AvgIpc) is 2.44.